The van der Waals surface area contributed by atoms with Gasteiger partial charge in [0.15, 0.2) is 0 Å². The lowest BCUT2D eigenvalue weighted by Gasteiger charge is -2.19. The van der Waals surface area contributed by atoms with Crippen LogP contribution in [-0.4, -0.2) is 30.2 Å². The number of rotatable bonds is 7. The van der Waals surface area contributed by atoms with E-state index in [0.29, 0.717) is 19.6 Å². The van der Waals surface area contributed by atoms with Gasteiger partial charge < -0.3 is 14.8 Å². The zero-order valence-corrected chi connectivity index (χ0v) is 18.3. The highest BCUT2D eigenvalue weighted by Gasteiger charge is 2.15. The summed E-state index contributed by atoms with van der Waals surface area (Å²) in [5, 5.41) is 3.67. The summed E-state index contributed by atoms with van der Waals surface area (Å²) in [7, 11) is 0. The average Bonchev–Trinajstić information content (AvgIpc) is 2.40. The van der Waals surface area contributed by atoms with Crippen LogP contribution in [0.1, 0.15) is 32.8 Å². The number of alkyl carbamates (subject to hydrolysis) is 1. The van der Waals surface area contributed by atoms with Crippen molar-refractivity contribution in [3.8, 4) is 5.75 Å². The number of carbonyl (C=O) groups is 1. The zero-order valence-electron chi connectivity index (χ0n) is 13.5. The Morgan fingerprint density at radius 3 is 2.35 bits per heavy atom. The number of amides is 1. The van der Waals surface area contributed by atoms with Crippen LogP contribution >= 0.6 is 47.8 Å². The summed E-state index contributed by atoms with van der Waals surface area (Å²) in [6.45, 7) is 6.69. The number of halogens is 3. The van der Waals surface area contributed by atoms with E-state index >= 15 is 0 Å². The molecule has 0 unspecified atom stereocenters. The minimum Gasteiger partial charge on any atom is -0.491 e. The molecule has 0 spiro atoms. The topological polar surface area (TPSA) is 47.6 Å². The number of carbonyl (C=O) groups excluding carboxylic acids is 1. The van der Waals surface area contributed by atoms with Crippen molar-refractivity contribution in [2.75, 3.05) is 18.5 Å². The molecule has 1 N–H and O–H groups in total. The molecule has 0 aliphatic heterocycles. The molecule has 4 nitrogen and oxygen atoms in total. The second-order valence-electron chi connectivity index (χ2n) is 5.96. The van der Waals surface area contributed by atoms with Gasteiger partial charge in [-0.25, -0.2) is 4.79 Å². The van der Waals surface area contributed by atoms with Gasteiger partial charge in [0.05, 0.1) is 15.6 Å². The highest BCUT2D eigenvalue weighted by atomic mass is 79.9. The van der Waals surface area contributed by atoms with Crippen LogP contribution < -0.4 is 10.1 Å². The van der Waals surface area contributed by atoms with E-state index in [9.17, 15) is 4.79 Å². The predicted molar refractivity (Wildman–Crippen MR) is 104 cm³/mol. The maximum atomic E-state index is 11.6. The van der Waals surface area contributed by atoms with Gasteiger partial charge in [0, 0.05) is 11.9 Å². The molecule has 7 heteroatoms. The Morgan fingerprint density at radius 1 is 1.22 bits per heavy atom. The summed E-state index contributed by atoms with van der Waals surface area (Å²) < 4.78 is 12.7. The quantitative estimate of drug-likeness (QED) is 0.388. The molecule has 1 aromatic carbocycles. The molecule has 0 radical (unpaired) electrons. The highest BCUT2D eigenvalue weighted by Crippen LogP contribution is 2.35. The van der Waals surface area contributed by atoms with Crippen LogP contribution in [0.15, 0.2) is 21.1 Å². The summed E-state index contributed by atoms with van der Waals surface area (Å²) in [5.74, 6) is 0.801. The van der Waals surface area contributed by atoms with Crippen molar-refractivity contribution in [3.05, 3.63) is 26.6 Å². The Bertz CT molecular complexity index is 507. The van der Waals surface area contributed by atoms with Crippen LogP contribution in [-0.2, 0) is 11.2 Å². The summed E-state index contributed by atoms with van der Waals surface area (Å²) in [4.78, 5) is 11.6. The minimum absolute atomic E-state index is 0.398. The van der Waals surface area contributed by atoms with E-state index in [1.165, 1.54) is 0 Å². The van der Waals surface area contributed by atoms with Crippen molar-refractivity contribution in [2.45, 2.75) is 39.2 Å². The first-order valence-electron chi connectivity index (χ1n) is 7.36. The van der Waals surface area contributed by atoms with Crippen molar-refractivity contribution >= 4 is 53.9 Å². The molecule has 0 aliphatic carbocycles. The normalized spacial score (nSPS) is 11.2. The molecule has 1 aromatic rings. The molecule has 0 heterocycles. The summed E-state index contributed by atoms with van der Waals surface area (Å²) in [6.07, 6.45) is 1.25. The molecule has 0 aromatic heterocycles. The lowest BCUT2D eigenvalue weighted by atomic mass is 10.1. The van der Waals surface area contributed by atoms with E-state index in [4.69, 9.17) is 9.47 Å². The molecular formula is C16H22Br3NO3. The van der Waals surface area contributed by atoms with Gasteiger partial charge in [-0.15, -0.1) is 0 Å². The summed E-state index contributed by atoms with van der Waals surface area (Å²) in [5.41, 5.74) is 0.609. The van der Waals surface area contributed by atoms with Gasteiger partial charge in [0.25, 0.3) is 0 Å². The van der Waals surface area contributed by atoms with E-state index < -0.39 is 11.7 Å². The molecule has 23 heavy (non-hydrogen) atoms. The van der Waals surface area contributed by atoms with Crippen molar-refractivity contribution in [1.82, 2.24) is 5.32 Å². The molecule has 0 bridgehead atoms. The van der Waals surface area contributed by atoms with Crippen LogP contribution in [0.2, 0.25) is 0 Å². The minimum atomic E-state index is -0.482. The second-order valence-corrected chi connectivity index (χ2v) is 8.46. The standard InChI is InChI=1S/C16H22Br3NO3/c1-16(2,3)23-15(21)20-7-5-11-9-12(18)14(13(19)10-11)22-8-4-6-17/h9-10H,4-8H2,1-3H3,(H,20,21). The van der Waals surface area contributed by atoms with Gasteiger partial charge in [-0.2, -0.15) is 0 Å². The van der Waals surface area contributed by atoms with Crippen LogP contribution in [0.4, 0.5) is 4.79 Å². The molecular weight excluding hydrogens is 494 g/mol. The first kappa shape index (κ1) is 20.8. The number of hydrogen-bond donors (Lipinski definition) is 1. The molecule has 1 rings (SSSR count). The fourth-order valence-electron chi connectivity index (χ4n) is 1.75. The number of hydrogen-bond acceptors (Lipinski definition) is 3. The molecule has 130 valence electrons. The SMILES string of the molecule is CC(C)(C)OC(=O)NCCc1cc(Br)c(OCCCBr)c(Br)c1. The van der Waals surface area contributed by atoms with E-state index in [1.807, 2.05) is 32.9 Å². The first-order valence-corrected chi connectivity index (χ1v) is 10.1. The lowest BCUT2D eigenvalue weighted by molar-refractivity contribution is 0.0528. The fraction of sp³-hybridized carbons (Fsp3) is 0.562. The third-order valence-corrected chi connectivity index (χ3v) is 4.40. The van der Waals surface area contributed by atoms with E-state index in [2.05, 4.69) is 53.1 Å². The Morgan fingerprint density at radius 2 is 1.83 bits per heavy atom. The number of benzene rings is 1. The Hall–Kier alpha value is -0.270. The van der Waals surface area contributed by atoms with Crippen molar-refractivity contribution in [1.29, 1.82) is 0 Å². The van der Waals surface area contributed by atoms with E-state index in [-0.39, 0.29) is 0 Å². The monoisotopic (exact) mass is 513 g/mol. The fourth-order valence-corrected chi connectivity index (χ4v) is 3.49. The van der Waals surface area contributed by atoms with Crippen LogP contribution in [0, 0.1) is 0 Å². The maximum absolute atomic E-state index is 11.6. The summed E-state index contributed by atoms with van der Waals surface area (Å²) >= 11 is 10.4. The molecule has 0 saturated heterocycles. The Labute approximate surface area is 163 Å². The largest absolute Gasteiger partial charge is 0.491 e. The van der Waals surface area contributed by atoms with Gasteiger partial charge >= 0.3 is 6.09 Å². The van der Waals surface area contributed by atoms with Crippen LogP contribution in [0.5, 0.6) is 5.75 Å². The highest BCUT2D eigenvalue weighted by molar-refractivity contribution is 9.11. The van der Waals surface area contributed by atoms with Gasteiger partial charge in [-0.05, 0) is 83.2 Å². The van der Waals surface area contributed by atoms with Gasteiger partial charge in [-0.3, -0.25) is 0 Å². The Balaban J connectivity index is 2.54. The first-order chi connectivity index (χ1) is 10.7. The Kier molecular flexibility index (Phi) is 8.93. The summed E-state index contributed by atoms with van der Waals surface area (Å²) in [6, 6.07) is 4.01. The van der Waals surface area contributed by atoms with Gasteiger partial charge in [0.2, 0.25) is 0 Å². The van der Waals surface area contributed by atoms with E-state index in [0.717, 1.165) is 32.0 Å². The molecule has 0 aliphatic rings. The molecule has 1 amide bonds. The van der Waals surface area contributed by atoms with Crippen molar-refractivity contribution in [3.63, 3.8) is 0 Å². The second kappa shape index (κ2) is 9.89. The van der Waals surface area contributed by atoms with Crippen LogP contribution in [0.25, 0.3) is 0 Å². The number of ether oxygens (including phenoxy) is 2. The average molecular weight is 516 g/mol. The zero-order chi connectivity index (χ0) is 17.5. The van der Waals surface area contributed by atoms with Crippen molar-refractivity contribution in [2.24, 2.45) is 0 Å². The van der Waals surface area contributed by atoms with Crippen molar-refractivity contribution < 1.29 is 14.3 Å². The number of nitrogens with one attached hydrogen (secondary N) is 1. The third-order valence-electron chi connectivity index (χ3n) is 2.66. The molecule has 0 atom stereocenters. The third kappa shape index (κ3) is 8.40. The molecule has 0 saturated carbocycles. The maximum Gasteiger partial charge on any atom is 0.407 e. The smallest absolute Gasteiger partial charge is 0.407 e. The number of alkyl halides is 1. The van der Waals surface area contributed by atoms with E-state index in [1.54, 1.807) is 0 Å². The van der Waals surface area contributed by atoms with Crippen LogP contribution in [0.3, 0.4) is 0 Å². The predicted octanol–water partition coefficient (Wildman–Crippen LogP) is 5.44. The van der Waals surface area contributed by atoms with Gasteiger partial charge in [0.1, 0.15) is 11.4 Å². The molecule has 0 fully saturated rings. The van der Waals surface area contributed by atoms with Gasteiger partial charge in [-0.1, -0.05) is 15.9 Å². The lowest BCUT2D eigenvalue weighted by Crippen LogP contribution is -2.33.